The molecule has 0 saturated heterocycles. The maximum absolute atomic E-state index is 13.9. The summed E-state index contributed by atoms with van der Waals surface area (Å²) < 4.78 is 46.8. The third-order valence-corrected chi connectivity index (χ3v) is 6.91. The second-order valence-corrected chi connectivity index (χ2v) is 10.5. The van der Waals surface area contributed by atoms with E-state index in [1.807, 2.05) is 0 Å². The summed E-state index contributed by atoms with van der Waals surface area (Å²) >= 11 is 0. The SMILES string of the molecule is CC1(C)OB(O)c2cc(NC(=O)C(Cc3cc(F)c(F)c(F)c3)NC(=O)C(N)CCC(=O)N(CCN)CCN)ccc21. The van der Waals surface area contributed by atoms with Crippen LogP contribution in [0.15, 0.2) is 30.3 Å². The molecule has 2 aromatic rings. The van der Waals surface area contributed by atoms with Crippen molar-refractivity contribution in [3.8, 4) is 0 Å². The number of benzene rings is 2. The van der Waals surface area contributed by atoms with Crippen molar-refractivity contribution in [2.45, 2.75) is 50.8 Å². The summed E-state index contributed by atoms with van der Waals surface area (Å²) in [6.45, 7) is 4.58. The molecule has 42 heavy (non-hydrogen) atoms. The van der Waals surface area contributed by atoms with Crippen molar-refractivity contribution in [1.82, 2.24) is 10.2 Å². The fourth-order valence-electron chi connectivity index (χ4n) is 4.72. The van der Waals surface area contributed by atoms with Gasteiger partial charge >= 0.3 is 7.12 Å². The molecule has 1 heterocycles. The molecular weight excluding hydrogens is 556 g/mol. The van der Waals surface area contributed by atoms with Crippen molar-refractivity contribution >= 4 is 36.0 Å². The molecule has 11 nitrogen and oxygen atoms in total. The third kappa shape index (κ3) is 8.07. The smallest absolute Gasteiger partial charge is 0.423 e. The molecule has 15 heteroatoms. The second kappa shape index (κ2) is 14.1. The van der Waals surface area contributed by atoms with Crippen LogP contribution in [0.5, 0.6) is 0 Å². The quantitative estimate of drug-likeness (QED) is 0.134. The largest absolute Gasteiger partial charge is 0.492 e. The number of halogens is 3. The van der Waals surface area contributed by atoms with Gasteiger partial charge in [0.1, 0.15) is 6.04 Å². The van der Waals surface area contributed by atoms with Crippen LogP contribution in [0.4, 0.5) is 18.9 Å². The molecule has 0 aromatic heterocycles. The summed E-state index contributed by atoms with van der Waals surface area (Å²) in [4.78, 5) is 40.2. The van der Waals surface area contributed by atoms with E-state index >= 15 is 0 Å². The predicted molar refractivity (Wildman–Crippen MR) is 151 cm³/mol. The van der Waals surface area contributed by atoms with Crippen LogP contribution in [0, 0.1) is 17.5 Å². The number of hydrogen-bond acceptors (Lipinski definition) is 8. The van der Waals surface area contributed by atoms with Gasteiger partial charge in [0.2, 0.25) is 17.7 Å². The van der Waals surface area contributed by atoms with Gasteiger partial charge in [-0.25, -0.2) is 13.2 Å². The molecule has 0 bridgehead atoms. The third-order valence-electron chi connectivity index (χ3n) is 6.91. The molecule has 0 spiro atoms. The normalized spacial score (nSPS) is 15.1. The van der Waals surface area contributed by atoms with Gasteiger partial charge in [-0.1, -0.05) is 6.07 Å². The van der Waals surface area contributed by atoms with Gasteiger partial charge in [0.05, 0.1) is 11.6 Å². The van der Waals surface area contributed by atoms with E-state index < -0.39 is 60.5 Å². The molecule has 0 aliphatic carbocycles. The first-order valence-electron chi connectivity index (χ1n) is 13.5. The molecule has 2 atom stereocenters. The van der Waals surface area contributed by atoms with Crippen LogP contribution in [-0.4, -0.2) is 73.0 Å². The van der Waals surface area contributed by atoms with Crippen LogP contribution in [-0.2, 0) is 31.1 Å². The fraction of sp³-hybridized carbons (Fsp3) is 0.444. The molecule has 0 radical (unpaired) electrons. The molecule has 2 unspecified atom stereocenters. The standard InChI is InChI=1S/C27H36BF3N6O5/c1-27(2)17-4-3-16(14-18(17)28(41)42-27)35-26(40)22(13-15-11-19(29)24(31)20(30)12-15)36-25(39)21(34)5-6-23(38)37(9-7-32)10-8-33/h3-4,11-12,14,21-22,41H,5-10,13,32-34H2,1-2H3,(H,35,40)(H,36,39). The second-order valence-electron chi connectivity index (χ2n) is 10.5. The Morgan fingerprint density at radius 3 is 2.26 bits per heavy atom. The van der Waals surface area contributed by atoms with E-state index in [0.29, 0.717) is 11.0 Å². The highest BCUT2D eigenvalue weighted by molar-refractivity contribution is 6.62. The van der Waals surface area contributed by atoms with Crippen LogP contribution in [0.25, 0.3) is 0 Å². The van der Waals surface area contributed by atoms with Gasteiger partial charge in [-0.05, 0) is 61.1 Å². The van der Waals surface area contributed by atoms with E-state index in [2.05, 4.69) is 10.6 Å². The van der Waals surface area contributed by atoms with Gasteiger partial charge in [-0.15, -0.1) is 0 Å². The molecule has 9 N–H and O–H groups in total. The Balaban J connectivity index is 1.77. The number of rotatable bonds is 13. The number of nitrogens with zero attached hydrogens (tertiary/aromatic N) is 1. The Morgan fingerprint density at radius 2 is 1.67 bits per heavy atom. The highest BCUT2D eigenvalue weighted by Gasteiger charge is 2.40. The zero-order chi connectivity index (χ0) is 31.2. The van der Waals surface area contributed by atoms with Gasteiger partial charge in [0, 0.05) is 44.7 Å². The van der Waals surface area contributed by atoms with Crippen LogP contribution in [0.2, 0.25) is 0 Å². The van der Waals surface area contributed by atoms with E-state index in [-0.39, 0.29) is 56.2 Å². The predicted octanol–water partition coefficient (Wildman–Crippen LogP) is -0.424. The van der Waals surface area contributed by atoms with E-state index in [9.17, 15) is 32.6 Å². The van der Waals surface area contributed by atoms with E-state index in [4.69, 9.17) is 21.9 Å². The number of carbonyl (C=O) groups excluding carboxylic acids is 3. The first kappa shape index (κ1) is 33.0. The van der Waals surface area contributed by atoms with Gasteiger partial charge < -0.3 is 42.4 Å². The molecule has 1 aliphatic rings. The molecule has 3 rings (SSSR count). The van der Waals surface area contributed by atoms with E-state index in [1.54, 1.807) is 26.0 Å². The number of fused-ring (bicyclic) bond motifs is 1. The first-order chi connectivity index (χ1) is 19.8. The lowest BCUT2D eigenvalue weighted by molar-refractivity contribution is -0.131. The molecule has 228 valence electrons. The number of nitrogens with two attached hydrogens (primary N) is 3. The Kier molecular flexibility index (Phi) is 11.1. The van der Waals surface area contributed by atoms with Crippen molar-refractivity contribution in [2.24, 2.45) is 17.2 Å². The van der Waals surface area contributed by atoms with Crippen molar-refractivity contribution in [2.75, 3.05) is 31.5 Å². The topological polar surface area (TPSA) is 186 Å². The summed E-state index contributed by atoms with van der Waals surface area (Å²) in [5.74, 6) is -6.46. The maximum atomic E-state index is 13.9. The number of nitrogens with one attached hydrogen (secondary N) is 2. The van der Waals surface area contributed by atoms with Crippen LogP contribution in [0.3, 0.4) is 0 Å². The number of hydrogen-bond donors (Lipinski definition) is 6. The van der Waals surface area contributed by atoms with E-state index in [1.165, 1.54) is 11.0 Å². The Labute approximate surface area is 242 Å². The number of amides is 3. The highest BCUT2D eigenvalue weighted by atomic mass is 19.2. The number of anilines is 1. The lowest BCUT2D eigenvalue weighted by atomic mass is 9.78. The first-order valence-corrected chi connectivity index (χ1v) is 13.5. The van der Waals surface area contributed by atoms with Crippen LogP contribution >= 0.6 is 0 Å². The van der Waals surface area contributed by atoms with Gasteiger partial charge in [0.25, 0.3) is 0 Å². The minimum Gasteiger partial charge on any atom is -0.423 e. The van der Waals surface area contributed by atoms with Crippen LogP contribution < -0.4 is 33.3 Å². The van der Waals surface area contributed by atoms with Gasteiger partial charge in [0.15, 0.2) is 17.5 Å². The Morgan fingerprint density at radius 1 is 1.05 bits per heavy atom. The van der Waals surface area contributed by atoms with Crippen molar-refractivity contribution in [3.63, 3.8) is 0 Å². The van der Waals surface area contributed by atoms with E-state index in [0.717, 1.165) is 12.1 Å². The summed E-state index contributed by atoms with van der Waals surface area (Å²) in [5, 5.41) is 15.3. The van der Waals surface area contributed by atoms with Crippen LogP contribution in [0.1, 0.15) is 37.8 Å². The number of carbonyl (C=O) groups is 3. The monoisotopic (exact) mass is 592 g/mol. The maximum Gasteiger partial charge on any atom is 0.492 e. The van der Waals surface area contributed by atoms with Gasteiger partial charge in [-0.2, -0.15) is 0 Å². The molecule has 2 aromatic carbocycles. The lowest BCUT2D eigenvalue weighted by Crippen LogP contribution is -2.51. The van der Waals surface area contributed by atoms with Crippen molar-refractivity contribution < 1.29 is 37.2 Å². The zero-order valence-electron chi connectivity index (χ0n) is 23.5. The molecular formula is C27H36BF3N6O5. The highest BCUT2D eigenvalue weighted by Crippen LogP contribution is 2.30. The minimum absolute atomic E-state index is 0.0665. The molecule has 1 aliphatic heterocycles. The van der Waals surface area contributed by atoms with Crippen molar-refractivity contribution in [1.29, 1.82) is 0 Å². The summed E-state index contributed by atoms with van der Waals surface area (Å²) in [6, 6.07) is 3.58. The molecule has 0 saturated carbocycles. The molecule has 0 fully saturated rings. The Hall–Kier alpha value is -3.50. The average Bonchev–Trinajstić information content (AvgIpc) is 3.16. The zero-order valence-corrected chi connectivity index (χ0v) is 23.5. The average molecular weight is 592 g/mol. The van der Waals surface area contributed by atoms with Crippen molar-refractivity contribution in [3.05, 3.63) is 58.9 Å². The lowest BCUT2D eigenvalue weighted by Gasteiger charge is -2.23. The van der Waals surface area contributed by atoms with Gasteiger partial charge in [-0.3, -0.25) is 14.4 Å². The molecule has 3 amide bonds. The summed E-state index contributed by atoms with van der Waals surface area (Å²) in [7, 11) is -1.22. The summed E-state index contributed by atoms with van der Waals surface area (Å²) in [6.07, 6.45) is -0.569. The summed E-state index contributed by atoms with van der Waals surface area (Å²) in [5.41, 5.74) is 17.6. The minimum atomic E-state index is -1.67. The Bertz CT molecular complexity index is 1290. The fourth-order valence-corrected chi connectivity index (χ4v) is 4.72.